The molecular formula is C12H15N5O. The second kappa shape index (κ2) is 4.87. The van der Waals surface area contributed by atoms with Gasteiger partial charge in [0.2, 0.25) is 0 Å². The molecule has 18 heavy (non-hydrogen) atoms. The Balaban J connectivity index is 2.00. The summed E-state index contributed by atoms with van der Waals surface area (Å²) in [7, 11) is 1.87. The van der Waals surface area contributed by atoms with Gasteiger partial charge in [-0.05, 0) is 19.1 Å². The predicted molar refractivity (Wildman–Crippen MR) is 67.8 cm³/mol. The van der Waals surface area contributed by atoms with Crippen LogP contribution in [-0.2, 0) is 13.6 Å². The molecule has 0 saturated carbocycles. The number of nitrogens with zero attached hydrogens (tertiary/aromatic N) is 3. The van der Waals surface area contributed by atoms with Gasteiger partial charge in [0, 0.05) is 31.0 Å². The van der Waals surface area contributed by atoms with Crippen molar-refractivity contribution in [3.05, 3.63) is 41.3 Å². The van der Waals surface area contributed by atoms with E-state index in [1.54, 1.807) is 23.0 Å². The Bertz CT molecular complexity index is 558. The van der Waals surface area contributed by atoms with E-state index in [2.05, 4.69) is 15.4 Å². The Morgan fingerprint density at radius 2 is 2.22 bits per heavy atom. The molecule has 0 aliphatic heterocycles. The zero-order valence-corrected chi connectivity index (χ0v) is 10.3. The van der Waals surface area contributed by atoms with Crippen molar-refractivity contribution in [3.63, 3.8) is 0 Å². The summed E-state index contributed by atoms with van der Waals surface area (Å²) in [6, 6.07) is 3.25. The van der Waals surface area contributed by atoms with Crippen molar-refractivity contribution in [1.82, 2.24) is 20.1 Å². The van der Waals surface area contributed by atoms with Crippen molar-refractivity contribution in [2.45, 2.75) is 13.5 Å². The number of aryl methyl sites for hydroxylation is 1. The third-order valence-corrected chi connectivity index (χ3v) is 2.82. The highest BCUT2D eigenvalue weighted by Crippen LogP contribution is 2.06. The van der Waals surface area contributed by atoms with Crippen molar-refractivity contribution < 1.29 is 4.79 Å². The topological polar surface area (TPSA) is 85.8 Å². The van der Waals surface area contributed by atoms with E-state index in [4.69, 9.17) is 5.73 Å². The Labute approximate surface area is 105 Å². The van der Waals surface area contributed by atoms with E-state index in [0.29, 0.717) is 17.9 Å². The van der Waals surface area contributed by atoms with Crippen LogP contribution < -0.4 is 11.1 Å². The van der Waals surface area contributed by atoms with Crippen molar-refractivity contribution in [1.29, 1.82) is 0 Å². The number of carbonyl (C=O) groups is 1. The lowest BCUT2D eigenvalue weighted by molar-refractivity contribution is 0.0950. The van der Waals surface area contributed by atoms with Gasteiger partial charge in [0.15, 0.2) is 0 Å². The van der Waals surface area contributed by atoms with Gasteiger partial charge in [-0.25, -0.2) is 4.98 Å². The SMILES string of the molecule is Cc1c(CNC(=O)c2ccc(N)nc2)cnn1C. The molecule has 0 fully saturated rings. The summed E-state index contributed by atoms with van der Waals surface area (Å²) in [6.45, 7) is 2.40. The summed E-state index contributed by atoms with van der Waals surface area (Å²) < 4.78 is 1.77. The number of amides is 1. The van der Waals surface area contributed by atoms with E-state index >= 15 is 0 Å². The first-order chi connectivity index (χ1) is 8.58. The monoisotopic (exact) mass is 245 g/mol. The molecule has 0 aliphatic carbocycles. The fraction of sp³-hybridized carbons (Fsp3) is 0.250. The first-order valence-electron chi connectivity index (χ1n) is 5.55. The smallest absolute Gasteiger partial charge is 0.253 e. The third kappa shape index (κ3) is 2.48. The minimum atomic E-state index is -0.175. The van der Waals surface area contributed by atoms with Crippen LogP contribution >= 0.6 is 0 Å². The van der Waals surface area contributed by atoms with Gasteiger partial charge < -0.3 is 11.1 Å². The Hall–Kier alpha value is -2.37. The van der Waals surface area contributed by atoms with Crippen LogP contribution in [0.4, 0.5) is 5.82 Å². The highest BCUT2D eigenvalue weighted by molar-refractivity contribution is 5.93. The molecule has 2 heterocycles. The van der Waals surface area contributed by atoms with Crippen LogP contribution in [0.2, 0.25) is 0 Å². The fourth-order valence-electron chi connectivity index (χ4n) is 1.53. The van der Waals surface area contributed by atoms with Gasteiger partial charge >= 0.3 is 0 Å². The minimum absolute atomic E-state index is 0.175. The minimum Gasteiger partial charge on any atom is -0.384 e. The van der Waals surface area contributed by atoms with E-state index in [1.807, 2.05) is 14.0 Å². The zero-order valence-electron chi connectivity index (χ0n) is 10.3. The molecule has 1 amide bonds. The number of pyridine rings is 1. The second-order valence-electron chi connectivity index (χ2n) is 4.03. The van der Waals surface area contributed by atoms with Gasteiger partial charge in [-0.15, -0.1) is 0 Å². The quantitative estimate of drug-likeness (QED) is 0.830. The van der Waals surface area contributed by atoms with E-state index in [-0.39, 0.29) is 5.91 Å². The van der Waals surface area contributed by atoms with Crippen LogP contribution in [0.1, 0.15) is 21.6 Å². The van der Waals surface area contributed by atoms with E-state index in [9.17, 15) is 4.79 Å². The van der Waals surface area contributed by atoms with E-state index < -0.39 is 0 Å². The number of nitrogens with two attached hydrogens (primary N) is 1. The second-order valence-corrected chi connectivity index (χ2v) is 4.03. The number of nitrogens with one attached hydrogen (secondary N) is 1. The Kier molecular flexibility index (Phi) is 3.27. The number of carbonyl (C=O) groups excluding carboxylic acids is 1. The molecule has 0 aliphatic rings. The van der Waals surface area contributed by atoms with Gasteiger partial charge in [0.1, 0.15) is 5.82 Å². The summed E-state index contributed by atoms with van der Waals surface area (Å²) in [6.07, 6.45) is 3.21. The highest BCUT2D eigenvalue weighted by Gasteiger charge is 2.08. The number of hydrogen-bond acceptors (Lipinski definition) is 4. The van der Waals surface area contributed by atoms with Crippen LogP contribution in [0.3, 0.4) is 0 Å². The highest BCUT2D eigenvalue weighted by atomic mass is 16.1. The number of anilines is 1. The lowest BCUT2D eigenvalue weighted by Gasteiger charge is -2.05. The van der Waals surface area contributed by atoms with Gasteiger partial charge in [-0.2, -0.15) is 5.10 Å². The molecule has 2 aromatic heterocycles. The largest absolute Gasteiger partial charge is 0.384 e. The third-order valence-electron chi connectivity index (χ3n) is 2.82. The number of hydrogen-bond donors (Lipinski definition) is 2. The maximum atomic E-state index is 11.8. The molecule has 6 nitrogen and oxygen atoms in total. The van der Waals surface area contributed by atoms with Crippen LogP contribution in [0, 0.1) is 6.92 Å². The summed E-state index contributed by atoms with van der Waals surface area (Å²) in [5.74, 6) is 0.223. The molecule has 3 N–H and O–H groups in total. The maximum Gasteiger partial charge on any atom is 0.253 e. The van der Waals surface area contributed by atoms with Crippen molar-refractivity contribution in [3.8, 4) is 0 Å². The predicted octanol–water partition coefficient (Wildman–Crippen LogP) is 0.636. The van der Waals surface area contributed by atoms with Crippen molar-refractivity contribution in [2.24, 2.45) is 7.05 Å². The molecule has 2 rings (SSSR count). The Morgan fingerprint density at radius 1 is 1.44 bits per heavy atom. The zero-order chi connectivity index (χ0) is 13.1. The van der Waals surface area contributed by atoms with Crippen molar-refractivity contribution >= 4 is 11.7 Å². The summed E-state index contributed by atoms with van der Waals surface area (Å²) in [5, 5.41) is 6.93. The summed E-state index contributed by atoms with van der Waals surface area (Å²) in [5.41, 5.74) is 7.98. The van der Waals surface area contributed by atoms with E-state index in [0.717, 1.165) is 11.3 Å². The van der Waals surface area contributed by atoms with Crippen molar-refractivity contribution in [2.75, 3.05) is 5.73 Å². The molecule has 0 bridgehead atoms. The number of aromatic nitrogens is 3. The number of rotatable bonds is 3. The normalized spacial score (nSPS) is 10.3. The standard InChI is InChI=1S/C12H15N5O/c1-8-10(7-16-17(8)2)6-15-12(18)9-3-4-11(13)14-5-9/h3-5,7H,6H2,1-2H3,(H2,13,14)(H,15,18). The van der Waals surface area contributed by atoms with Gasteiger partial charge in [-0.3, -0.25) is 9.48 Å². The molecule has 0 unspecified atom stereocenters. The first kappa shape index (κ1) is 12.1. The molecular weight excluding hydrogens is 230 g/mol. The van der Waals surface area contributed by atoms with Gasteiger partial charge in [0.25, 0.3) is 5.91 Å². The van der Waals surface area contributed by atoms with Crippen LogP contribution in [0.5, 0.6) is 0 Å². The van der Waals surface area contributed by atoms with Crippen LogP contribution in [0.25, 0.3) is 0 Å². The Morgan fingerprint density at radius 3 is 2.78 bits per heavy atom. The molecule has 0 spiro atoms. The van der Waals surface area contributed by atoms with E-state index in [1.165, 1.54) is 6.20 Å². The van der Waals surface area contributed by atoms with Gasteiger partial charge in [0.05, 0.1) is 11.8 Å². The average Bonchev–Trinajstić information content (AvgIpc) is 2.68. The van der Waals surface area contributed by atoms with Gasteiger partial charge in [-0.1, -0.05) is 0 Å². The molecule has 2 aromatic rings. The average molecular weight is 245 g/mol. The first-order valence-corrected chi connectivity index (χ1v) is 5.55. The number of nitrogen functional groups attached to an aromatic ring is 1. The molecule has 0 atom stereocenters. The molecule has 0 radical (unpaired) electrons. The van der Waals surface area contributed by atoms with Crippen LogP contribution in [0.15, 0.2) is 24.5 Å². The summed E-state index contributed by atoms with van der Waals surface area (Å²) in [4.78, 5) is 15.7. The molecule has 94 valence electrons. The maximum absolute atomic E-state index is 11.8. The summed E-state index contributed by atoms with van der Waals surface area (Å²) >= 11 is 0. The van der Waals surface area contributed by atoms with Crippen LogP contribution in [-0.4, -0.2) is 20.7 Å². The lowest BCUT2D eigenvalue weighted by atomic mass is 10.2. The molecule has 6 heteroatoms. The lowest BCUT2D eigenvalue weighted by Crippen LogP contribution is -2.23. The molecule has 0 aromatic carbocycles. The molecule has 0 saturated heterocycles. The fourth-order valence-corrected chi connectivity index (χ4v) is 1.53.